The van der Waals surface area contributed by atoms with Gasteiger partial charge in [-0.15, -0.1) is 11.3 Å². The second-order valence-corrected chi connectivity index (χ2v) is 11.4. The molecule has 0 aliphatic carbocycles. The van der Waals surface area contributed by atoms with Crippen LogP contribution in [0.2, 0.25) is 0 Å². The Morgan fingerprint density at radius 2 is 1.93 bits per heavy atom. The van der Waals surface area contributed by atoms with E-state index in [1.54, 1.807) is 11.3 Å². The third-order valence-electron chi connectivity index (χ3n) is 5.02. The summed E-state index contributed by atoms with van der Waals surface area (Å²) in [5, 5.41) is 9.63. The summed E-state index contributed by atoms with van der Waals surface area (Å²) in [5.74, 6) is 0.302. The number of thioether (sulfide) groups is 1. The number of hydrogen-bond acceptors (Lipinski definition) is 6. The third kappa shape index (κ3) is 2.96. The van der Waals surface area contributed by atoms with E-state index in [0.717, 1.165) is 21.8 Å². The van der Waals surface area contributed by atoms with Crippen molar-refractivity contribution in [2.45, 2.75) is 18.2 Å². The van der Waals surface area contributed by atoms with Crippen molar-refractivity contribution in [3.05, 3.63) is 48.0 Å². The Morgan fingerprint density at radius 3 is 2.70 bits per heavy atom. The highest BCUT2D eigenvalue weighted by Gasteiger charge is 2.48. The number of rotatable bonds is 2. The molecule has 5 nitrogen and oxygen atoms in total. The van der Waals surface area contributed by atoms with E-state index in [9.17, 15) is 8.42 Å². The van der Waals surface area contributed by atoms with E-state index in [1.165, 1.54) is 22.0 Å². The van der Waals surface area contributed by atoms with Gasteiger partial charge in [0.05, 0.1) is 27.8 Å². The molecule has 1 N–H and O–H groups in total. The van der Waals surface area contributed by atoms with Gasteiger partial charge in [-0.2, -0.15) is 0 Å². The topological polar surface area (TPSA) is 74.1 Å². The predicted octanol–water partition coefficient (Wildman–Crippen LogP) is 3.93. The summed E-state index contributed by atoms with van der Waals surface area (Å²) < 4.78 is 25.1. The maximum Gasteiger partial charge on any atom is 0.161 e. The number of aryl methyl sites for hydroxylation is 1. The number of benzene rings is 2. The summed E-state index contributed by atoms with van der Waals surface area (Å²) >= 11 is 3.03. The van der Waals surface area contributed by atoms with Crippen LogP contribution in [0, 0.1) is 12.3 Å². The largest absolute Gasteiger partial charge is 0.316 e. The summed E-state index contributed by atoms with van der Waals surface area (Å²) in [6.45, 7) is 2.08. The van der Waals surface area contributed by atoms with Gasteiger partial charge in [0.2, 0.25) is 0 Å². The summed E-state index contributed by atoms with van der Waals surface area (Å²) in [5.41, 5.74) is 4.13. The Hall–Kier alpha value is -1.90. The van der Waals surface area contributed by atoms with Crippen molar-refractivity contribution in [1.29, 1.82) is 5.41 Å². The molecule has 2 atom stereocenters. The molecule has 0 amide bonds. The molecule has 2 saturated heterocycles. The lowest BCUT2D eigenvalue weighted by Gasteiger charge is -2.24. The fourth-order valence-electron chi connectivity index (χ4n) is 3.73. The van der Waals surface area contributed by atoms with Gasteiger partial charge >= 0.3 is 0 Å². The third-order valence-corrected chi connectivity index (χ3v) is 9.22. The normalized spacial score (nSPS) is 23.9. The van der Waals surface area contributed by atoms with Gasteiger partial charge in [-0.25, -0.2) is 13.4 Å². The summed E-state index contributed by atoms with van der Waals surface area (Å²) in [7, 11) is -3.01. The predicted molar refractivity (Wildman–Crippen MR) is 114 cm³/mol. The maximum atomic E-state index is 12.0. The molecule has 3 aromatic rings. The SMILES string of the molecule is Cc1ccc2nc(-c3ccc(N4C(=N)S[C@H]5CS(=O)(=O)C[C@@H]54)cc3)sc2c1. The maximum absolute atomic E-state index is 12.0. The van der Waals surface area contributed by atoms with Crippen molar-refractivity contribution in [1.82, 2.24) is 4.98 Å². The molecular formula is C19H17N3O2S3. The fraction of sp³-hybridized carbons (Fsp3) is 0.263. The van der Waals surface area contributed by atoms with Crippen LogP contribution in [-0.2, 0) is 9.84 Å². The minimum Gasteiger partial charge on any atom is -0.316 e. The van der Waals surface area contributed by atoms with Crippen molar-refractivity contribution in [3.63, 3.8) is 0 Å². The number of anilines is 1. The van der Waals surface area contributed by atoms with E-state index >= 15 is 0 Å². The van der Waals surface area contributed by atoms with Gasteiger partial charge in [-0.05, 0) is 48.9 Å². The minimum absolute atomic E-state index is 0.0327. The van der Waals surface area contributed by atoms with Gasteiger partial charge in [-0.3, -0.25) is 5.41 Å². The van der Waals surface area contributed by atoms with Gasteiger partial charge in [0, 0.05) is 16.5 Å². The Morgan fingerprint density at radius 1 is 1.15 bits per heavy atom. The van der Waals surface area contributed by atoms with Crippen molar-refractivity contribution < 1.29 is 8.42 Å². The Labute approximate surface area is 165 Å². The number of aromatic nitrogens is 1. The quantitative estimate of drug-likeness (QED) is 0.687. The summed E-state index contributed by atoms with van der Waals surface area (Å²) in [6.07, 6.45) is 0. The van der Waals surface area contributed by atoms with Crippen molar-refractivity contribution in [3.8, 4) is 10.6 Å². The zero-order chi connectivity index (χ0) is 18.8. The monoisotopic (exact) mass is 415 g/mol. The van der Waals surface area contributed by atoms with Crippen molar-refractivity contribution >= 4 is 54.0 Å². The molecule has 0 saturated carbocycles. The van der Waals surface area contributed by atoms with Crippen LogP contribution in [0.5, 0.6) is 0 Å². The van der Waals surface area contributed by atoms with Crippen LogP contribution < -0.4 is 4.90 Å². The van der Waals surface area contributed by atoms with Gasteiger partial charge in [0.25, 0.3) is 0 Å². The molecule has 1 aromatic heterocycles. The zero-order valence-electron chi connectivity index (χ0n) is 14.5. The highest BCUT2D eigenvalue weighted by molar-refractivity contribution is 8.15. The zero-order valence-corrected chi connectivity index (χ0v) is 17.0. The fourth-order valence-corrected chi connectivity index (χ4v) is 8.59. The molecule has 2 aliphatic heterocycles. The lowest BCUT2D eigenvalue weighted by atomic mass is 10.1. The van der Waals surface area contributed by atoms with Crippen LogP contribution in [0.15, 0.2) is 42.5 Å². The number of nitrogens with one attached hydrogen (secondary N) is 1. The molecule has 0 unspecified atom stereocenters. The number of amidine groups is 1. The molecule has 138 valence electrons. The van der Waals surface area contributed by atoms with Gasteiger partial charge in [-0.1, -0.05) is 17.8 Å². The number of hydrogen-bond donors (Lipinski definition) is 1. The molecule has 0 spiro atoms. The molecule has 0 bridgehead atoms. The first-order valence-electron chi connectivity index (χ1n) is 8.62. The van der Waals surface area contributed by atoms with Gasteiger partial charge in [0.1, 0.15) is 5.01 Å². The number of fused-ring (bicyclic) bond motifs is 2. The number of sulfone groups is 1. The smallest absolute Gasteiger partial charge is 0.161 e. The molecule has 27 heavy (non-hydrogen) atoms. The van der Waals surface area contributed by atoms with Crippen LogP contribution in [-0.4, -0.2) is 41.4 Å². The van der Waals surface area contributed by atoms with Crippen LogP contribution in [0.4, 0.5) is 5.69 Å². The molecular weight excluding hydrogens is 398 g/mol. The summed E-state index contributed by atoms with van der Waals surface area (Å²) in [4.78, 5) is 6.58. The molecule has 2 aliphatic rings. The van der Waals surface area contributed by atoms with E-state index in [1.807, 2.05) is 35.2 Å². The van der Waals surface area contributed by atoms with E-state index in [0.29, 0.717) is 5.17 Å². The van der Waals surface area contributed by atoms with Crippen LogP contribution in [0.25, 0.3) is 20.8 Å². The van der Waals surface area contributed by atoms with Crippen LogP contribution >= 0.6 is 23.1 Å². The first-order chi connectivity index (χ1) is 12.9. The van der Waals surface area contributed by atoms with E-state index < -0.39 is 9.84 Å². The first kappa shape index (κ1) is 17.2. The Balaban J connectivity index is 1.47. The first-order valence-corrected chi connectivity index (χ1v) is 12.1. The molecule has 2 aromatic carbocycles. The highest BCUT2D eigenvalue weighted by atomic mass is 32.2. The Kier molecular flexibility index (Phi) is 3.86. The minimum atomic E-state index is -3.01. The van der Waals surface area contributed by atoms with Crippen molar-refractivity contribution in [2.75, 3.05) is 16.4 Å². The molecule has 2 fully saturated rings. The second-order valence-electron chi connectivity index (χ2n) is 7.01. The number of thiazole rings is 1. The second kappa shape index (κ2) is 6.05. The van der Waals surface area contributed by atoms with Gasteiger partial charge < -0.3 is 4.90 Å². The van der Waals surface area contributed by atoms with E-state index in [4.69, 9.17) is 10.4 Å². The standard InChI is InChI=1S/C19H17N3O2S3/c1-11-2-7-14-16(8-11)25-18(21-14)12-3-5-13(6-4-12)22-15-9-27(23,24)10-17(15)26-19(22)20/h2-8,15,17,20H,9-10H2,1H3/t15-,17-/m0/s1. The number of nitrogens with zero attached hydrogens (tertiary/aromatic N) is 2. The Bertz CT molecular complexity index is 1170. The molecule has 8 heteroatoms. The average molecular weight is 416 g/mol. The van der Waals surface area contributed by atoms with Crippen LogP contribution in [0.3, 0.4) is 0 Å². The molecule has 3 heterocycles. The van der Waals surface area contributed by atoms with E-state index in [-0.39, 0.29) is 22.8 Å². The highest BCUT2D eigenvalue weighted by Crippen LogP contribution is 2.41. The van der Waals surface area contributed by atoms with Gasteiger partial charge in [0.15, 0.2) is 15.0 Å². The van der Waals surface area contributed by atoms with Crippen molar-refractivity contribution in [2.24, 2.45) is 0 Å². The lowest BCUT2D eigenvalue weighted by molar-refractivity contribution is 0.601. The average Bonchev–Trinajstić information content (AvgIpc) is 3.23. The van der Waals surface area contributed by atoms with E-state index in [2.05, 4.69) is 19.1 Å². The lowest BCUT2D eigenvalue weighted by Crippen LogP contribution is -2.37. The molecule has 5 rings (SSSR count). The molecule has 0 radical (unpaired) electrons. The summed E-state index contributed by atoms with van der Waals surface area (Å²) in [6, 6.07) is 14.1. The van der Waals surface area contributed by atoms with Crippen LogP contribution in [0.1, 0.15) is 5.56 Å².